The summed E-state index contributed by atoms with van der Waals surface area (Å²) in [5, 5.41) is 3.37. The van der Waals surface area contributed by atoms with Crippen molar-refractivity contribution in [2.24, 2.45) is 0 Å². The molecule has 0 aliphatic rings. The number of ether oxygens (including phenoxy) is 1. The number of nitrogens with zero attached hydrogens (tertiary/aromatic N) is 1. The first-order valence-corrected chi connectivity index (χ1v) is 7.19. The van der Waals surface area contributed by atoms with Gasteiger partial charge >= 0.3 is 0 Å². The molecule has 0 spiro atoms. The van der Waals surface area contributed by atoms with Gasteiger partial charge in [-0.15, -0.1) is 0 Å². The van der Waals surface area contributed by atoms with Crippen molar-refractivity contribution in [3.8, 4) is 0 Å². The molecule has 0 saturated heterocycles. The maximum atomic E-state index is 5.21. The fourth-order valence-electron chi connectivity index (χ4n) is 2.13. The highest BCUT2D eigenvalue weighted by Crippen LogP contribution is 2.05. The maximum absolute atomic E-state index is 5.21. The zero-order valence-corrected chi connectivity index (χ0v) is 12.3. The summed E-state index contributed by atoms with van der Waals surface area (Å²) in [6.45, 7) is 12.1. The van der Waals surface area contributed by atoms with E-state index in [9.17, 15) is 0 Å². The predicted octanol–water partition coefficient (Wildman–Crippen LogP) is 2.51. The highest BCUT2D eigenvalue weighted by atomic mass is 16.5. The van der Waals surface area contributed by atoms with Crippen molar-refractivity contribution >= 4 is 0 Å². The van der Waals surface area contributed by atoms with Gasteiger partial charge in [-0.3, -0.25) is 4.90 Å². The summed E-state index contributed by atoms with van der Waals surface area (Å²) >= 11 is 0. The number of likely N-dealkylation sites (N-methyl/N-ethyl adjacent to an activating group) is 1. The Kier molecular flexibility index (Phi) is 12.3. The highest BCUT2D eigenvalue weighted by Gasteiger charge is 2.10. The van der Waals surface area contributed by atoms with Crippen molar-refractivity contribution in [3.05, 3.63) is 0 Å². The topological polar surface area (TPSA) is 24.5 Å². The van der Waals surface area contributed by atoms with Crippen molar-refractivity contribution in [3.63, 3.8) is 0 Å². The number of rotatable bonds is 12. The summed E-state index contributed by atoms with van der Waals surface area (Å²) in [7, 11) is 1.78. The molecule has 1 N–H and O–H groups in total. The standard InChI is InChI=1S/C14H32N2O/c1-5-15-11-9-7-8-10-12-16(6-2)14(3)13-17-4/h14-15H,5-13H2,1-4H3. The minimum atomic E-state index is 0.548. The molecule has 0 aromatic carbocycles. The monoisotopic (exact) mass is 244 g/mol. The van der Waals surface area contributed by atoms with Gasteiger partial charge in [0.25, 0.3) is 0 Å². The minimum absolute atomic E-state index is 0.548. The third-order valence-corrected chi connectivity index (χ3v) is 3.24. The molecule has 3 nitrogen and oxygen atoms in total. The van der Waals surface area contributed by atoms with Gasteiger partial charge in [0, 0.05) is 13.2 Å². The van der Waals surface area contributed by atoms with Crippen LogP contribution in [0.15, 0.2) is 0 Å². The molecule has 0 heterocycles. The van der Waals surface area contributed by atoms with Crippen molar-refractivity contribution in [2.75, 3.05) is 39.9 Å². The van der Waals surface area contributed by atoms with Crippen molar-refractivity contribution in [2.45, 2.75) is 52.5 Å². The summed E-state index contributed by atoms with van der Waals surface area (Å²) in [4.78, 5) is 2.51. The first-order valence-electron chi connectivity index (χ1n) is 7.19. The summed E-state index contributed by atoms with van der Waals surface area (Å²) in [5.74, 6) is 0. The van der Waals surface area contributed by atoms with Crippen LogP contribution >= 0.6 is 0 Å². The largest absolute Gasteiger partial charge is 0.383 e. The van der Waals surface area contributed by atoms with Crippen LogP contribution in [0.2, 0.25) is 0 Å². The lowest BCUT2D eigenvalue weighted by atomic mass is 10.1. The zero-order chi connectivity index (χ0) is 12.9. The molecule has 3 heteroatoms. The Bertz CT molecular complexity index is 153. The third-order valence-electron chi connectivity index (χ3n) is 3.24. The Morgan fingerprint density at radius 2 is 1.82 bits per heavy atom. The van der Waals surface area contributed by atoms with Gasteiger partial charge in [-0.2, -0.15) is 0 Å². The number of hydrogen-bond donors (Lipinski definition) is 1. The molecule has 0 fully saturated rings. The molecule has 0 aliphatic carbocycles. The second-order valence-electron chi connectivity index (χ2n) is 4.70. The van der Waals surface area contributed by atoms with Crippen LogP contribution in [-0.2, 0) is 4.74 Å². The zero-order valence-electron chi connectivity index (χ0n) is 12.3. The van der Waals surface area contributed by atoms with E-state index in [1.165, 1.54) is 38.8 Å². The lowest BCUT2D eigenvalue weighted by Gasteiger charge is -2.27. The van der Waals surface area contributed by atoms with Crippen LogP contribution in [0.25, 0.3) is 0 Å². The predicted molar refractivity (Wildman–Crippen MR) is 75.6 cm³/mol. The molecule has 104 valence electrons. The second kappa shape index (κ2) is 12.3. The third kappa shape index (κ3) is 9.57. The molecule has 0 saturated carbocycles. The first kappa shape index (κ1) is 16.9. The van der Waals surface area contributed by atoms with Gasteiger partial charge in [-0.05, 0) is 45.9 Å². The Hall–Kier alpha value is -0.120. The second-order valence-corrected chi connectivity index (χ2v) is 4.70. The fourth-order valence-corrected chi connectivity index (χ4v) is 2.13. The molecular formula is C14H32N2O. The number of hydrogen-bond acceptors (Lipinski definition) is 3. The van der Waals surface area contributed by atoms with E-state index in [-0.39, 0.29) is 0 Å². The summed E-state index contributed by atoms with van der Waals surface area (Å²) in [5.41, 5.74) is 0. The van der Waals surface area contributed by atoms with Crippen LogP contribution in [0.3, 0.4) is 0 Å². The van der Waals surface area contributed by atoms with E-state index < -0.39 is 0 Å². The lowest BCUT2D eigenvalue weighted by molar-refractivity contribution is 0.101. The van der Waals surface area contributed by atoms with Crippen LogP contribution in [0.1, 0.15) is 46.5 Å². The Balaban J connectivity index is 3.43. The Labute approximate surface area is 108 Å². The van der Waals surface area contributed by atoms with Gasteiger partial charge in [0.05, 0.1) is 6.61 Å². The molecule has 0 aliphatic heterocycles. The van der Waals surface area contributed by atoms with Gasteiger partial charge in [0.15, 0.2) is 0 Å². The summed E-state index contributed by atoms with van der Waals surface area (Å²) < 4.78 is 5.21. The van der Waals surface area contributed by atoms with E-state index in [1.54, 1.807) is 7.11 Å². The molecule has 0 amide bonds. The van der Waals surface area contributed by atoms with Gasteiger partial charge in [-0.25, -0.2) is 0 Å². The van der Waals surface area contributed by atoms with E-state index in [2.05, 4.69) is 31.0 Å². The van der Waals surface area contributed by atoms with Crippen LogP contribution in [0, 0.1) is 0 Å². The average Bonchev–Trinajstić information content (AvgIpc) is 2.33. The van der Waals surface area contributed by atoms with E-state index in [0.717, 1.165) is 19.7 Å². The molecule has 1 unspecified atom stereocenters. The molecule has 0 rings (SSSR count). The molecule has 0 bridgehead atoms. The fraction of sp³-hybridized carbons (Fsp3) is 1.00. The van der Waals surface area contributed by atoms with Gasteiger partial charge in [0.1, 0.15) is 0 Å². The number of unbranched alkanes of at least 4 members (excludes halogenated alkanes) is 3. The molecule has 17 heavy (non-hydrogen) atoms. The van der Waals surface area contributed by atoms with E-state index in [0.29, 0.717) is 6.04 Å². The maximum Gasteiger partial charge on any atom is 0.0615 e. The Morgan fingerprint density at radius 3 is 2.41 bits per heavy atom. The number of nitrogens with one attached hydrogen (secondary N) is 1. The smallest absolute Gasteiger partial charge is 0.0615 e. The summed E-state index contributed by atoms with van der Waals surface area (Å²) in [6, 6.07) is 0.548. The normalized spacial score (nSPS) is 13.2. The lowest BCUT2D eigenvalue weighted by Crippen LogP contribution is -2.36. The molecule has 0 radical (unpaired) electrons. The molecule has 1 atom stereocenters. The number of methoxy groups -OCH3 is 1. The van der Waals surface area contributed by atoms with E-state index in [1.807, 2.05) is 0 Å². The van der Waals surface area contributed by atoms with Crippen LogP contribution in [0.4, 0.5) is 0 Å². The van der Waals surface area contributed by atoms with Crippen LogP contribution < -0.4 is 5.32 Å². The van der Waals surface area contributed by atoms with Gasteiger partial charge < -0.3 is 10.1 Å². The van der Waals surface area contributed by atoms with E-state index in [4.69, 9.17) is 4.74 Å². The van der Waals surface area contributed by atoms with Crippen LogP contribution in [0.5, 0.6) is 0 Å². The van der Waals surface area contributed by atoms with Crippen molar-refractivity contribution in [1.82, 2.24) is 10.2 Å². The van der Waals surface area contributed by atoms with Gasteiger partial charge in [-0.1, -0.05) is 26.7 Å². The summed E-state index contributed by atoms with van der Waals surface area (Å²) in [6.07, 6.45) is 5.33. The molecule has 0 aromatic rings. The minimum Gasteiger partial charge on any atom is -0.383 e. The van der Waals surface area contributed by atoms with Crippen LogP contribution in [-0.4, -0.2) is 50.8 Å². The first-order chi connectivity index (χ1) is 8.26. The quantitative estimate of drug-likeness (QED) is 0.534. The van der Waals surface area contributed by atoms with Crippen molar-refractivity contribution in [1.29, 1.82) is 0 Å². The highest BCUT2D eigenvalue weighted by molar-refractivity contribution is 4.65. The Morgan fingerprint density at radius 1 is 1.12 bits per heavy atom. The molecular weight excluding hydrogens is 212 g/mol. The van der Waals surface area contributed by atoms with Gasteiger partial charge in [0.2, 0.25) is 0 Å². The SMILES string of the molecule is CCNCCCCCCN(CC)C(C)COC. The van der Waals surface area contributed by atoms with E-state index >= 15 is 0 Å². The molecule has 0 aromatic heterocycles. The average molecular weight is 244 g/mol. The van der Waals surface area contributed by atoms with Crippen molar-refractivity contribution < 1.29 is 4.74 Å².